The average molecular weight is 270 g/mol. The zero-order valence-corrected chi connectivity index (χ0v) is 12.1. The third-order valence-electron chi connectivity index (χ3n) is 4.25. The molecule has 0 aromatic rings. The molecule has 0 spiro atoms. The van der Waals surface area contributed by atoms with Crippen molar-refractivity contribution in [1.29, 1.82) is 0 Å². The molecule has 1 amide bonds. The molecule has 0 saturated carbocycles. The van der Waals surface area contributed by atoms with E-state index in [1.54, 1.807) is 7.11 Å². The summed E-state index contributed by atoms with van der Waals surface area (Å²) in [6, 6.07) is 0. The first-order valence-electron chi connectivity index (χ1n) is 7.32. The lowest BCUT2D eigenvalue weighted by Gasteiger charge is -2.36. The van der Waals surface area contributed by atoms with Gasteiger partial charge in [-0.3, -0.25) is 9.69 Å². The standard InChI is InChI=1S/C14H26N2O3/c1-12(18-2)14(17)16-5-3-13(4-6-16)11-15-7-9-19-10-8-15/h12-13H,3-11H2,1-2H3. The summed E-state index contributed by atoms with van der Waals surface area (Å²) in [5, 5.41) is 0. The molecule has 5 heteroatoms. The summed E-state index contributed by atoms with van der Waals surface area (Å²) >= 11 is 0. The van der Waals surface area contributed by atoms with Gasteiger partial charge in [0.05, 0.1) is 13.2 Å². The van der Waals surface area contributed by atoms with Crippen LogP contribution in [0.15, 0.2) is 0 Å². The van der Waals surface area contributed by atoms with Crippen LogP contribution in [0.1, 0.15) is 19.8 Å². The van der Waals surface area contributed by atoms with E-state index in [0.29, 0.717) is 0 Å². The van der Waals surface area contributed by atoms with E-state index < -0.39 is 0 Å². The number of amides is 1. The molecular weight excluding hydrogens is 244 g/mol. The maximum Gasteiger partial charge on any atom is 0.251 e. The highest BCUT2D eigenvalue weighted by molar-refractivity contribution is 5.80. The third kappa shape index (κ3) is 4.16. The topological polar surface area (TPSA) is 42.0 Å². The molecule has 5 nitrogen and oxygen atoms in total. The molecule has 1 atom stereocenters. The van der Waals surface area contributed by atoms with Crippen LogP contribution in [0.2, 0.25) is 0 Å². The van der Waals surface area contributed by atoms with Crippen LogP contribution >= 0.6 is 0 Å². The molecule has 2 fully saturated rings. The second-order valence-electron chi connectivity index (χ2n) is 5.56. The van der Waals surface area contributed by atoms with Crippen LogP contribution in [-0.2, 0) is 14.3 Å². The quantitative estimate of drug-likeness (QED) is 0.750. The van der Waals surface area contributed by atoms with Gasteiger partial charge in [-0.1, -0.05) is 0 Å². The molecule has 0 aliphatic carbocycles. The third-order valence-corrected chi connectivity index (χ3v) is 4.25. The van der Waals surface area contributed by atoms with Gasteiger partial charge in [-0.25, -0.2) is 0 Å². The Hall–Kier alpha value is -0.650. The molecule has 2 saturated heterocycles. The minimum absolute atomic E-state index is 0.132. The van der Waals surface area contributed by atoms with E-state index >= 15 is 0 Å². The number of hydrogen-bond donors (Lipinski definition) is 0. The fraction of sp³-hybridized carbons (Fsp3) is 0.929. The number of piperidine rings is 1. The lowest BCUT2D eigenvalue weighted by atomic mass is 9.95. The Labute approximate surface area is 115 Å². The van der Waals surface area contributed by atoms with Crippen molar-refractivity contribution >= 4 is 5.91 Å². The van der Waals surface area contributed by atoms with Crippen molar-refractivity contribution in [2.24, 2.45) is 5.92 Å². The fourth-order valence-corrected chi connectivity index (χ4v) is 2.84. The zero-order chi connectivity index (χ0) is 13.7. The summed E-state index contributed by atoms with van der Waals surface area (Å²) in [5.74, 6) is 0.854. The van der Waals surface area contributed by atoms with Crippen LogP contribution in [0, 0.1) is 5.92 Å². The fourth-order valence-electron chi connectivity index (χ4n) is 2.84. The van der Waals surface area contributed by atoms with Gasteiger partial charge in [0.2, 0.25) is 0 Å². The van der Waals surface area contributed by atoms with Crippen molar-refractivity contribution in [2.45, 2.75) is 25.9 Å². The summed E-state index contributed by atoms with van der Waals surface area (Å²) < 4.78 is 10.5. The van der Waals surface area contributed by atoms with Crippen LogP contribution in [0.4, 0.5) is 0 Å². The van der Waals surface area contributed by atoms with Gasteiger partial charge in [0.15, 0.2) is 0 Å². The monoisotopic (exact) mass is 270 g/mol. The number of likely N-dealkylation sites (tertiary alicyclic amines) is 1. The number of hydrogen-bond acceptors (Lipinski definition) is 4. The predicted octanol–water partition coefficient (Wildman–Crippen LogP) is 0.592. The van der Waals surface area contributed by atoms with Gasteiger partial charge in [-0.15, -0.1) is 0 Å². The van der Waals surface area contributed by atoms with Crippen molar-refractivity contribution in [3.8, 4) is 0 Å². The Morgan fingerprint density at radius 3 is 2.47 bits per heavy atom. The van der Waals surface area contributed by atoms with Crippen molar-refractivity contribution < 1.29 is 14.3 Å². The van der Waals surface area contributed by atoms with Crippen molar-refractivity contribution in [2.75, 3.05) is 53.0 Å². The average Bonchev–Trinajstić information content (AvgIpc) is 2.47. The molecule has 1 unspecified atom stereocenters. The molecule has 110 valence electrons. The lowest BCUT2D eigenvalue weighted by Crippen LogP contribution is -2.46. The number of carbonyl (C=O) groups is 1. The summed E-state index contributed by atoms with van der Waals surface area (Å²) in [7, 11) is 1.59. The number of nitrogens with zero attached hydrogens (tertiary/aromatic N) is 2. The lowest BCUT2D eigenvalue weighted by molar-refractivity contribution is -0.142. The summed E-state index contributed by atoms with van der Waals surface area (Å²) in [4.78, 5) is 16.4. The summed E-state index contributed by atoms with van der Waals surface area (Å²) in [6.45, 7) is 8.57. The van der Waals surface area contributed by atoms with Gasteiger partial charge in [0.1, 0.15) is 6.10 Å². The molecule has 0 aromatic carbocycles. The Bertz CT molecular complexity index is 284. The highest BCUT2D eigenvalue weighted by Crippen LogP contribution is 2.19. The number of ether oxygens (including phenoxy) is 2. The van der Waals surface area contributed by atoms with Gasteiger partial charge < -0.3 is 14.4 Å². The first-order valence-corrected chi connectivity index (χ1v) is 7.32. The van der Waals surface area contributed by atoms with Crippen LogP contribution < -0.4 is 0 Å². The maximum absolute atomic E-state index is 12.0. The van der Waals surface area contributed by atoms with Crippen molar-refractivity contribution in [3.63, 3.8) is 0 Å². The van der Waals surface area contributed by atoms with E-state index in [2.05, 4.69) is 4.90 Å². The Morgan fingerprint density at radius 2 is 1.89 bits per heavy atom. The van der Waals surface area contributed by atoms with E-state index in [9.17, 15) is 4.79 Å². The van der Waals surface area contributed by atoms with Gasteiger partial charge >= 0.3 is 0 Å². The predicted molar refractivity (Wildman–Crippen MR) is 73.0 cm³/mol. The SMILES string of the molecule is COC(C)C(=O)N1CCC(CN2CCOCC2)CC1. The number of morpholine rings is 1. The number of rotatable bonds is 4. The molecule has 2 rings (SSSR count). The van der Waals surface area contributed by atoms with Crippen LogP contribution in [0.25, 0.3) is 0 Å². The van der Waals surface area contributed by atoms with Gasteiger partial charge in [-0.2, -0.15) is 0 Å². The molecule has 0 aromatic heterocycles. The van der Waals surface area contributed by atoms with Gasteiger partial charge in [-0.05, 0) is 25.7 Å². The molecule has 2 heterocycles. The Morgan fingerprint density at radius 1 is 1.26 bits per heavy atom. The Kier molecular flexibility index (Phi) is 5.60. The molecule has 0 bridgehead atoms. The van der Waals surface area contributed by atoms with E-state index in [1.807, 2.05) is 11.8 Å². The maximum atomic E-state index is 12.0. The highest BCUT2D eigenvalue weighted by atomic mass is 16.5. The van der Waals surface area contributed by atoms with E-state index in [1.165, 1.54) is 0 Å². The molecular formula is C14H26N2O3. The zero-order valence-electron chi connectivity index (χ0n) is 12.1. The molecule has 19 heavy (non-hydrogen) atoms. The van der Waals surface area contributed by atoms with E-state index in [-0.39, 0.29) is 12.0 Å². The van der Waals surface area contributed by atoms with E-state index in [0.717, 1.165) is 64.7 Å². The van der Waals surface area contributed by atoms with Crippen molar-refractivity contribution in [3.05, 3.63) is 0 Å². The minimum atomic E-state index is -0.309. The normalized spacial score (nSPS) is 24.4. The van der Waals surface area contributed by atoms with Crippen LogP contribution in [0.3, 0.4) is 0 Å². The molecule has 2 aliphatic heterocycles. The second kappa shape index (κ2) is 7.22. The van der Waals surface area contributed by atoms with Gasteiger partial charge in [0.25, 0.3) is 5.91 Å². The smallest absolute Gasteiger partial charge is 0.251 e. The molecule has 2 aliphatic rings. The number of methoxy groups -OCH3 is 1. The van der Waals surface area contributed by atoms with Crippen LogP contribution in [0.5, 0.6) is 0 Å². The second-order valence-corrected chi connectivity index (χ2v) is 5.56. The minimum Gasteiger partial charge on any atom is -0.379 e. The van der Waals surface area contributed by atoms with Crippen LogP contribution in [-0.4, -0.2) is 74.9 Å². The first-order chi connectivity index (χ1) is 9.20. The number of carbonyl (C=O) groups excluding carboxylic acids is 1. The van der Waals surface area contributed by atoms with E-state index in [4.69, 9.17) is 9.47 Å². The highest BCUT2D eigenvalue weighted by Gasteiger charge is 2.27. The Balaban J connectivity index is 1.71. The molecule has 0 radical (unpaired) electrons. The van der Waals surface area contributed by atoms with Crippen molar-refractivity contribution in [1.82, 2.24) is 9.80 Å². The summed E-state index contributed by atoms with van der Waals surface area (Å²) in [5.41, 5.74) is 0. The van der Waals surface area contributed by atoms with Gasteiger partial charge in [0, 0.05) is 39.8 Å². The largest absolute Gasteiger partial charge is 0.379 e. The summed E-state index contributed by atoms with van der Waals surface area (Å²) in [6.07, 6.45) is 1.91. The molecule has 0 N–H and O–H groups in total. The first kappa shape index (κ1) is 14.8.